The summed E-state index contributed by atoms with van der Waals surface area (Å²) in [5, 5.41) is 4.26. The Labute approximate surface area is 188 Å². The van der Waals surface area contributed by atoms with Crippen LogP contribution in [0.5, 0.6) is 5.75 Å². The lowest BCUT2D eigenvalue weighted by Crippen LogP contribution is -2.38. The second kappa shape index (κ2) is 8.72. The fourth-order valence-corrected chi connectivity index (χ4v) is 3.79. The zero-order valence-corrected chi connectivity index (χ0v) is 19.3. The van der Waals surface area contributed by atoms with Crippen LogP contribution in [0.25, 0.3) is 21.8 Å². The van der Waals surface area contributed by atoms with Crippen molar-refractivity contribution >= 4 is 49.2 Å². The zero-order valence-electron chi connectivity index (χ0n) is 17.7. The van der Waals surface area contributed by atoms with Gasteiger partial charge in [-0.3, -0.25) is 4.98 Å². The molecule has 2 atom stereocenters. The predicted octanol–water partition coefficient (Wildman–Crippen LogP) is 5.54. The number of hydrogen-bond acceptors (Lipinski definition) is 6. The van der Waals surface area contributed by atoms with Gasteiger partial charge in [0.25, 0.3) is 0 Å². The Hall–Kier alpha value is -2.84. The second-order valence-electron chi connectivity index (χ2n) is 7.67. The first-order chi connectivity index (χ1) is 14.8. The molecule has 2 aromatic heterocycles. The normalized spacial score (nSPS) is 13.5. The first-order valence-corrected chi connectivity index (χ1v) is 10.7. The molecule has 2 heterocycles. The molecule has 31 heavy (non-hydrogen) atoms. The Morgan fingerprint density at radius 2 is 1.87 bits per heavy atom. The van der Waals surface area contributed by atoms with E-state index in [1.165, 1.54) is 6.33 Å². The van der Waals surface area contributed by atoms with Crippen LogP contribution in [0, 0.1) is 5.82 Å². The quantitative estimate of drug-likeness (QED) is 0.388. The van der Waals surface area contributed by atoms with Crippen molar-refractivity contribution in [3.8, 4) is 5.75 Å². The summed E-state index contributed by atoms with van der Waals surface area (Å²) in [7, 11) is 4.02. The van der Waals surface area contributed by atoms with Crippen LogP contribution in [0.4, 0.5) is 15.9 Å². The molecule has 2 aromatic carbocycles. The fraction of sp³-hybridized carbons (Fsp3) is 0.261. The zero-order chi connectivity index (χ0) is 22.1. The van der Waals surface area contributed by atoms with E-state index in [9.17, 15) is 0 Å². The summed E-state index contributed by atoms with van der Waals surface area (Å²) in [6.45, 7) is 4.11. The predicted molar refractivity (Wildman–Crippen MR) is 125 cm³/mol. The lowest BCUT2D eigenvalue weighted by atomic mass is 10.1. The molecule has 0 saturated carbocycles. The largest absolute Gasteiger partial charge is 0.488 e. The summed E-state index contributed by atoms with van der Waals surface area (Å²) in [4.78, 5) is 15.1. The summed E-state index contributed by atoms with van der Waals surface area (Å²) in [5.74, 6) is 0.711. The minimum atomic E-state index is -0.383. The van der Waals surface area contributed by atoms with Crippen molar-refractivity contribution in [2.24, 2.45) is 0 Å². The number of ether oxygens (including phenoxy) is 1. The van der Waals surface area contributed by atoms with Gasteiger partial charge in [-0.2, -0.15) is 0 Å². The van der Waals surface area contributed by atoms with E-state index < -0.39 is 0 Å². The number of halogens is 2. The summed E-state index contributed by atoms with van der Waals surface area (Å²) in [6, 6.07) is 10.8. The average Bonchev–Trinajstić information content (AvgIpc) is 2.75. The highest BCUT2D eigenvalue weighted by molar-refractivity contribution is 9.10. The SMILES string of the molecule is C[C@@H](Oc1cc(Br)cc2ncnc(Nc3ccc4ncccc4c3F)c12)[C@H](C)N(C)C. The molecule has 0 spiro atoms. The number of pyridine rings is 1. The number of nitrogens with zero attached hydrogens (tertiary/aromatic N) is 4. The fourth-order valence-electron chi connectivity index (χ4n) is 3.37. The van der Waals surface area contributed by atoms with Gasteiger partial charge in [0.1, 0.15) is 24.0 Å². The van der Waals surface area contributed by atoms with Gasteiger partial charge in [0.15, 0.2) is 5.82 Å². The Balaban J connectivity index is 1.79. The third-order valence-corrected chi connectivity index (χ3v) is 5.90. The lowest BCUT2D eigenvalue weighted by Gasteiger charge is -2.27. The van der Waals surface area contributed by atoms with Crippen molar-refractivity contribution in [2.45, 2.75) is 26.0 Å². The van der Waals surface area contributed by atoms with E-state index in [1.807, 2.05) is 33.2 Å². The van der Waals surface area contributed by atoms with Crippen LogP contribution < -0.4 is 10.1 Å². The van der Waals surface area contributed by atoms with Crippen molar-refractivity contribution in [1.29, 1.82) is 0 Å². The van der Waals surface area contributed by atoms with Crippen molar-refractivity contribution in [2.75, 3.05) is 19.4 Å². The topological polar surface area (TPSA) is 63.2 Å². The number of benzene rings is 2. The molecule has 0 bridgehead atoms. The van der Waals surface area contributed by atoms with Gasteiger partial charge in [-0.25, -0.2) is 14.4 Å². The first-order valence-electron chi connectivity index (χ1n) is 9.92. The van der Waals surface area contributed by atoms with Crippen LogP contribution in [0.2, 0.25) is 0 Å². The second-order valence-corrected chi connectivity index (χ2v) is 8.59. The lowest BCUT2D eigenvalue weighted by molar-refractivity contribution is 0.123. The van der Waals surface area contributed by atoms with Crippen LogP contribution in [0.1, 0.15) is 13.8 Å². The van der Waals surface area contributed by atoms with E-state index in [-0.39, 0.29) is 18.0 Å². The van der Waals surface area contributed by atoms with Gasteiger partial charge < -0.3 is 15.0 Å². The molecule has 0 aliphatic carbocycles. The molecule has 4 rings (SSSR count). The third kappa shape index (κ3) is 4.31. The molecule has 0 fully saturated rings. The number of rotatable bonds is 6. The number of likely N-dealkylation sites (N-methyl/N-ethyl adjacent to an activating group) is 1. The first kappa shape index (κ1) is 21.4. The van der Waals surface area contributed by atoms with Gasteiger partial charge in [0.2, 0.25) is 0 Å². The summed E-state index contributed by atoms with van der Waals surface area (Å²) >= 11 is 3.53. The van der Waals surface area contributed by atoms with Crippen molar-refractivity contribution in [3.63, 3.8) is 0 Å². The van der Waals surface area contributed by atoms with Crippen LogP contribution in [-0.4, -0.2) is 46.1 Å². The highest BCUT2D eigenvalue weighted by atomic mass is 79.9. The molecule has 8 heteroatoms. The molecule has 0 radical (unpaired) electrons. The molecule has 0 unspecified atom stereocenters. The Morgan fingerprint density at radius 3 is 2.65 bits per heavy atom. The molecule has 0 amide bonds. The number of anilines is 2. The molecule has 4 aromatic rings. The monoisotopic (exact) mass is 483 g/mol. The van der Waals surface area contributed by atoms with Crippen molar-refractivity contribution in [1.82, 2.24) is 19.9 Å². The van der Waals surface area contributed by atoms with E-state index in [4.69, 9.17) is 4.74 Å². The van der Waals surface area contributed by atoms with Crippen LogP contribution in [-0.2, 0) is 0 Å². The number of aromatic nitrogens is 3. The Morgan fingerprint density at radius 1 is 1.06 bits per heavy atom. The summed E-state index contributed by atoms with van der Waals surface area (Å²) < 4.78 is 22.3. The molecule has 160 valence electrons. The molecule has 0 aliphatic heterocycles. The molecule has 1 N–H and O–H groups in total. The number of fused-ring (bicyclic) bond motifs is 2. The van der Waals surface area contributed by atoms with Crippen LogP contribution in [0.15, 0.2) is 53.4 Å². The van der Waals surface area contributed by atoms with E-state index in [0.717, 1.165) is 4.47 Å². The molecular formula is C23H23BrFN5O. The maximum absolute atomic E-state index is 15.1. The van der Waals surface area contributed by atoms with E-state index in [1.54, 1.807) is 30.5 Å². The highest BCUT2D eigenvalue weighted by Gasteiger charge is 2.20. The summed E-state index contributed by atoms with van der Waals surface area (Å²) in [5.41, 5.74) is 1.59. The van der Waals surface area contributed by atoms with E-state index in [0.29, 0.717) is 39.1 Å². The van der Waals surface area contributed by atoms with Gasteiger partial charge in [0, 0.05) is 22.1 Å². The van der Waals surface area contributed by atoms with Gasteiger partial charge in [0.05, 0.1) is 22.1 Å². The summed E-state index contributed by atoms with van der Waals surface area (Å²) in [6.07, 6.45) is 3.00. The van der Waals surface area contributed by atoms with Crippen molar-refractivity contribution in [3.05, 3.63) is 59.2 Å². The Bertz CT molecular complexity index is 1250. The molecule has 0 aliphatic rings. The van der Waals surface area contributed by atoms with Gasteiger partial charge >= 0.3 is 0 Å². The van der Waals surface area contributed by atoms with Gasteiger partial charge in [-0.15, -0.1) is 0 Å². The van der Waals surface area contributed by atoms with E-state index in [2.05, 4.69) is 48.0 Å². The maximum atomic E-state index is 15.1. The minimum absolute atomic E-state index is 0.0935. The number of hydrogen-bond donors (Lipinski definition) is 1. The van der Waals surface area contributed by atoms with Crippen LogP contribution in [0.3, 0.4) is 0 Å². The van der Waals surface area contributed by atoms with Crippen LogP contribution >= 0.6 is 15.9 Å². The maximum Gasteiger partial charge on any atom is 0.156 e. The minimum Gasteiger partial charge on any atom is -0.488 e. The molecule has 6 nitrogen and oxygen atoms in total. The van der Waals surface area contributed by atoms with Crippen molar-refractivity contribution < 1.29 is 9.13 Å². The van der Waals surface area contributed by atoms with Gasteiger partial charge in [-0.05, 0) is 64.3 Å². The van der Waals surface area contributed by atoms with Gasteiger partial charge in [-0.1, -0.05) is 15.9 Å². The smallest absolute Gasteiger partial charge is 0.156 e. The average molecular weight is 484 g/mol. The Kier molecular flexibility index (Phi) is 6.02. The highest BCUT2D eigenvalue weighted by Crippen LogP contribution is 2.36. The number of nitrogens with one attached hydrogen (secondary N) is 1. The third-order valence-electron chi connectivity index (χ3n) is 5.45. The standard InChI is InChI=1S/C23H23BrFN5O/c1-13(30(3)4)14(2)31-20-11-15(24)10-19-21(20)23(28-12-27-19)29-18-8-7-17-16(22(18)25)6-5-9-26-17/h5-14H,1-4H3,(H,27,28,29)/t13-,14+/m0/s1. The molecule has 0 saturated heterocycles. The van der Waals surface area contributed by atoms with E-state index >= 15 is 4.39 Å². The molecular weight excluding hydrogens is 461 g/mol.